The Morgan fingerprint density at radius 1 is 1.24 bits per heavy atom. The highest BCUT2D eigenvalue weighted by Crippen LogP contribution is 2.39. The summed E-state index contributed by atoms with van der Waals surface area (Å²) >= 11 is 12.4. The quantitative estimate of drug-likeness (QED) is 0.545. The molecule has 10 heteroatoms. The number of phenolic OH excluding ortho intramolecular Hbond substituents is 1. The summed E-state index contributed by atoms with van der Waals surface area (Å²) in [6.07, 6.45) is 2.16. The molecule has 0 unspecified atom stereocenters. The molecule has 2 amide bonds. The summed E-state index contributed by atoms with van der Waals surface area (Å²) in [5.74, 6) is 0.0876. The van der Waals surface area contributed by atoms with Crippen molar-refractivity contribution in [1.82, 2.24) is 20.0 Å². The molecule has 4 N–H and O–H groups in total. The predicted octanol–water partition coefficient (Wildman–Crippen LogP) is 3.30. The lowest BCUT2D eigenvalue weighted by Crippen LogP contribution is -2.47. The number of hydrogen-bond acceptors (Lipinski definition) is 5. The van der Waals surface area contributed by atoms with Crippen molar-refractivity contribution >= 4 is 35.0 Å². The number of nitrogens with zero attached hydrogens (tertiary/aromatic N) is 3. The summed E-state index contributed by atoms with van der Waals surface area (Å²) in [6.45, 7) is 5.17. The first-order valence-corrected chi connectivity index (χ1v) is 11.9. The second-order valence-corrected chi connectivity index (χ2v) is 9.70. The molecule has 0 radical (unpaired) electrons. The van der Waals surface area contributed by atoms with Crippen LogP contribution in [0.1, 0.15) is 44.7 Å². The maximum atomic E-state index is 12.5. The van der Waals surface area contributed by atoms with Crippen molar-refractivity contribution in [2.24, 2.45) is 18.7 Å². The van der Waals surface area contributed by atoms with Crippen LogP contribution in [0.2, 0.25) is 10.0 Å². The van der Waals surface area contributed by atoms with Gasteiger partial charge in [0.25, 0.3) is 0 Å². The van der Waals surface area contributed by atoms with Crippen LogP contribution in [0.25, 0.3) is 11.3 Å². The second kappa shape index (κ2) is 10.8. The van der Waals surface area contributed by atoms with Gasteiger partial charge in [-0.3, -0.25) is 14.3 Å². The maximum absolute atomic E-state index is 12.5. The zero-order chi connectivity index (χ0) is 24.3. The molecule has 1 saturated heterocycles. The van der Waals surface area contributed by atoms with E-state index < -0.39 is 6.04 Å². The summed E-state index contributed by atoms with van der Waals surface area (Å²) in [7, 11) is 1.88. The number of hydrogen-bond donors (Lipinski definition) is 3. The van der Waals surface area contributed by atoms with E-state index in [9.17, 15) is 14.7 Å². The van der Waals surface area contributed by atoms with Gasteiger partial charge in [0, 0.05) is 37.3 Å². The Hall–Kier alpha value is -2.29. The first-order valence-electron chi connectivity index (χ1n) is 11.1. The van der Waals surface area contributed by atoms with E-state index in [0.29, 0.717) is 36.7 Å². The van der Waals surface area contributed by atoms with E-state index in [1.54, 1.807) is 11.0 Å². The number of amides is 2. The van der Waals surface area contributed by atoms with Crippen molar-refractivity contribution in [3.8, 4) is 17.0 Å². The number of benzene rings is 1. The van der Waals surface area contributed by atoms with Gasteiger partial charge in [0.15, 0.2) is 0 Å². The minimum absolute atomic E-state index is 0.0364. The molecule has 0 bridgehead atoms. The average Bonchev–Trinajstić information content (AvgIpc) is 3.16. The summed E-state index contributed by atoms with van der Waals surface area (Å²) in [5.41, 5.74) is 8.25. The van der Waals surface area contributed by atoms with Crippen molar-refractivity contribution in [1.29, 1.82) is 0 Å². The van der Waals surface area contributed by atoms with Crippen LogP contribution in [0.4, 0.5) is 0 Å². The molecule has 180 valence electrons. The van der Waals surface area contributed by atoms with Crippen LogP contribution in [-0.2, 0) is 16.6 Å². The highest BCUT2D eigenvalue weighted by atomic mass is 35.5. The number of aryl methyl sites for hydroxylation is 1. The molecule has 2 aromatic rings. The summed E-state index contributed by atoms with van der Waals surface area (Å²) in [6, 6.07) is 4.57. The molecule has 1 aromatic heterocycles. The molecule has 2 heterocycles. The van der Waals surface area contributed by atoms with Crippen LogP contribution in [-0.4, -0.2) is 57.3 Å². The molecule has 1 aromatic carbocycles. The lowest BCUT2D eigenvalue weighted by Gasteiger charge is -2.32. The van der Waals surface area contributed by atoms with Gasteiger partial charge < -0.3 is 21.1 Å². The van der Waals surface area contributed by atoms with Gasteiger partial charge >= 0.3 is 0 Å². The van der Waals surface area contributed by atoms with Crippen LogP contribution < -0.4 is 11.1 Å². The largest absolute Gasteiger partial charge is 0.506 e. The van der Waals surface area contributed by atoms with E-state index in [1.807, 2.05) is 31.6 Å². The van der Waals surface area contributed by atoms with Gasteiger partial charge in [-0.2, -0.15) is 5.10 Å². The normalized spacial score (nSPS) is 15.7. The summed E-state index contributed by atoms with van der Waals surface area (Å²) < 4.78 is 1.82. The molecule has 1 aliphatic rings. The van der Waals surface area contributed by atoms with Crippen LogP contribution >= 0.6 is 23.2 Å². The molecule has 0 saturated carbocycles. The fourth-order valence-electron chi connectivity index (χ4n) is 4.18. The van der Waals surface area contributed by atoms with Crippen molar-refractivity contribution in [3.05, 3.63) is 33.9 Å². The van der Waals surface area contributed by atoms with E-state index >= 15 is 0 Å². The molecule has 8 nitrogen and oxygen atoms in total. The van der Waals surface area contributed by atoms with Crippen LogP contribution in [0.5, 0.6) is 5.75 Å². The van der Waals surface area contributed by atoms with E-state index in [-0.39, 0.29) is 40.1 Å². The lowest BCUT2D eigenvalue weighted by molar-refractivity contribution is -0.134. The highest BCUT2D eigenvalue weighted by molar-refractivity contribution is 6.44. The van der Waals surface area contributed by atoms with Gasteiger partial charge in [-0.05, 0) is 43.4 Å². The second-order valence-electron chi connectivity index (χ2n) is 8.95. The van der Waals surface area contributed by atoms with Crippen molar-refractivity contribution < 1.29 is 14.7 Å². The Labute approximate surface area is 204 Å². The Morgan fingerprint density at radius 2 is 1.91 bits per heavy atom. The SMILES string of the molecule is CC(C)C[C@@H](N)C(=O)NCC(=O)N1CCC(c2cc(-c3ccc(O)c(Cl)c3Cl)nn2C)CC1. The molecular formula is C23H31Cl2N5O3. The van der Waals surface area contributed by atoms with E-state index in [4.69, 9.17) is 28.9 Å². The monoisotopic (exact) mass is 495 g/mol. The molecule has 0 spiro atoms. The minimum Gasteiger partial charge on any atom is -0.506 e. The van der Waals surface area contributed by atoms with Crippen LogP contribution in [0.15, 0.2) is 18.2 Å². The first-order chi connectivity index (χ1) is 15.6. The topological polar surface area (TPSA) is 113 Å². The van der Waals surface area contributed by atoms with Gasteiger partial charge in [-0.1, -0.05) is 37.0 Å². The number of carbonyl (C=O) groups excluding carboxylic acids is 2. The zero-order valence-corrected chi connectivity index (χ0v) is 20.7. The smallest absolute Gasteiger partial charge is 0.241 e. The predicted molar refractivity (Wildman–Crippen MR) is 129 cm³/mol. The Kier molecular flexibility index (Phi) is 8.26. The number of piperidine rings is 1. The summed E-state index contributed by atoms with van der Waals surface area (Å²) in [5, 5.41) is 17.3. The van der Waals surface area contributed by atoms with Gasteiger partial charge in [0.2, 0.25) is 11.8 Å². The maximum Gasteiger partial charge on any atom is 0.241 e. The van der Waals surface area contributed by atoms with Crippen molar-refractivity contribution in [2.45, 2.75) is 45.1 Å². The number of halogens is 2. The number of likely N-dealkylation sites (tertiary alicyclic amines) is 1. The molecule has 1 aliphatic heterocycles. The minimum atomic E-state index is -0.598. The van der Waals surface area contributed by atoms with Gasteiger partial charge in [-0.15, -0.1) is 0 Å². The van der Waals surface area contributed by atoms with Gasteiger partial charge in [0.1, 0.15) is 10.8 Å². The fourth-order valence-corrected chi connectivity index (χ4v) is 4.60. The molecule has 0 aliphatic carbocycles. The fraction of sp³-hybridized carbons (Fsp3) is 0.522. The highest BCUT2D eigenvalue weighted by Gasteiger charge is 2.27. The Balaban J connectivity index is 1.58. The summed E-state index contributed by atoms with van der Waals surface area (Å²) in [4.78, 5) is 26.4. The van der Waals surface area contributed by atoms with E-state index in [2.05, 4.69) is 10.4 Å². The molecule has 1 atom stereocenters. The third-order valence-electron chi connectivity index (χ3n) is 6.00. The first kappa shape index (κ1) is 25.3. The standard InChI is InChI=1S/C23H31Cl2N5O3/c1-13(2)10-16(26)23(33)27-12-20(32)30-8-6-14(7-9-30)18-11-17(28-29(18)3)15-4-5-19(31)22(25)21(15)24/h4-5,11,13-14,16,31H,6-10,12,26H2,1-3H3,(H,27,33)/t16-/m1/s1. The van der Waals surface area contributed by atoms with E-state index in [0.717, 1.165) is 18.5 Å². The van der Waals surface area contributed by atoms with Crippen LogP contribution in [0.3, 0.4) is 0 Å². The van der Waals surface area contributed by atoms with Crippen molar-refractivity contribution in [2.75, 3.05) is 19.6 Å². The molecule has 33 heavy (non-hydrogen) atoms. The zero-order valence-electron chi connectivity index (χ0n) is 19.1. The van der Waals surface area contributed by atoms with Crippen molar-refractivity contribution in [3.63, 3.8) is 0 Å². The Morgan fingerprint density at radius 3 is 2.55 bits per heavy atom. The molecular weight excluding hydrogens is 465 g/mol. The number of nitrogens with two attached hydrogens (primary N) is 1. The average molecular weight is 496 g/mol. The number of aromatic hydroxyl groups is 1. The van der Waals surface area contributed by atoms with E-state index in [1.165, 1.54) is 6.07 Å². The lowest BCUT2D eigenvalue weighted by atomic mass is 9.92. The van der Waals surface area contributed by atoms with Gasteiger partial charge in [0.05, 0.1) is 23.3 Å². The van der Waals surface area contributed by atoms with Gasteiger partial charge in [-0.25, -0.2) is 0 Å². The number of nitrogens with one attached hydrogen (secondary N) is 1. The Bertz CT molecular complexity index is 1020. The third kappa shape index (κ3) is 5.99. The number of aromatic nitrogens is 2. The number of carbonyl (C=O) groups is 2. The number of phenols is 1. The third-order valence-corrected chi connectivity index (χ3v) is 6.87. The number of rotatable bonds is 7. The molecule has 3 rings (SSSR count). The van der Waals surface area contributed by atoms with Crippen LogP contribution in [0, 0.1) is 5.92 Å². The molecule has 1 fully saturated rings.